The minimum atomic E-state index is -0.201. The third kappa shape index (κ3) is 3.62. The number of hydrogen-bond donors (Lipinski definition) is 0. The number of hydrogen-bond acceptors (Lipinski definition) is 3. The van der Waals surface area contributed by atoms with Crippen LogP contribution in [0.5, 0.6) is 11.5 Å². The first-order chi connectivity index (χ1) is 8.62. The second-order valence-electron chi connectivity index (χ2n) is 4.13. The van der Waals surface area contributed by atoms with Crippen molar-refractivity contribution in [3.05, 3.63) is 29.8 Å². The molecule has 3 nitrogen and oxygen atoms in total. The molecule has 0 spiro atoms. The molecule has 0 fully saturated rings. The molecule has 0 bridgehead atoms. The van der Waals surface area contributed by atoms with Gasteiger partial charge in [-0.05, 0) is 31.5 Å². The number of methoxy groups -OCH3 is 1. The highest BCUT2D eigenvalue weighted by atomic mass is 16.5. The number of ether oxygens (including phenoxy) is 2. The van der Waals surface area contributed by atoms with Crippen molar-refractivity contribution in [3.8, 4) is 11.5 Å². The fraction of sp³-hybridized carbons (Fsp3) is 0.400. The Labute approximate surface area is 108 Å². The number of rotatable bonds is 5. The highest BCUT2D eigenvalue weighted by Gasteiger charge is 2.14. The van der Waals surface area contributed by atoms with E-state index in [-0.39, 0.29) is 11.9 Å². The summed E-state index contributed by atoms with van der Waals surface area (Å²) in [5, 5.41) is 0. The van der Waals surface area contributed by atoms with Gasteiger partial charge in [-0.15, -0.1) is 0 Å². The largest absolute Gasteiger partial charge is 0.497 e. The van der Waals surface area contributed by atoms with Gasteiger partial charge in [0.2, 0.25) is 0 Å². The summed E-state index contributed by atoms with van der Waals surface area (Å²) in [4.78, 5) is 11.8. The van der Waals surface area contributed by atoms with Crippen LogP contribution < -0.4 is 9.47 Å². The molecule has 98 valence electrons. The van der Waals surface area contributed by atoms with Gasteiger partial charge in [0, 0.05) is 5.56 Å². The lowest BCUT2D eigenvalue weighted by Crippen LogP contribution is -2.17. The highest BCUT2D eigenvalue weighted by Crippen LogP contribution is 2.26. The topological polar surface area (TPSA) is 35.5 Å². The summed E-state index contributed by atoms with van der Waals surface area (Å²) in [5.41, 5.74) is 0.841. The van der Waals surface area contributed by atoms with Crippen LogP contribution in [0, 0.1) is 5.92 Å². The molecule has 1 aromatic rings. The van der Waals surface area contributed by atoms with E-state index in [1.165, 1.54) is 0 Å². The summed E-state index contributed by atoms with van der Waals surface area (Å²) in [6.07, 6.45) is 4.56. The van der Waals surface area contributed by atoms with Crippen LogP contribution >= 0.6 is 0 Å². The molecule has 1 aromatic carbocycles. The van der Waals surface area contributed by atoms with Crippen molar-refractivity contribution in [3.63, 3.8) is 0 Å². The maximum Gasteiger partial charge on any atom is 0.314 e. The summed E-state index contributed by atoms with van der Waals surface area (Å²) in [6, 6.07) is 5.39. The first-order valence-corrected chi connectivity index (χ1v) is 6.14. The molecule has 1 rings (SSSR count). The van der Waals surface area contributed by atoms with Gasteiger partial charge < -0.3 is 9.47 Å². The van der Waals surface area contributed by atoms with Crippen LogP contribution in [0.25, 0.3) is 6.08 Å². The van der Waals surface area contributed by atoms with Crippen molar-refractivity contribution in [2.24, 2.45) is 5.92 Å². The predicted molar refractivity (Wildman–Crippen MR) is 72.8 cm³/mol. The molecule has 18 heavy (non-hydrogen) atoms. The monoisotopic (exact) mass is 248 g/mol. The zero-order valence-electron chi connectivity index (χ0n) is 11.4. The number of esters is 1. The summed E-state index contributed by atoms with van der Waals surface area (Å²) < 4.78 is 10.6. The van der Waals surface area contributed by atoms with Gasteiger partial charge in [-0.25, -0.2) is 0 Å². The molecule has 0 radical (unpaired) electrons. The number of carbonyl (C=O) groups excluding carboxylic acids is 1. The Balaban J connectivity index is 2.97. The lowest BCUT2D eigenvalue weighted by Gasteiger charge is -2.12. The molecule has 0 aliphatic carbocycles. The van der Waals surface area contributed by atoms with Crippen molar-refractivity contribution < 1.29 is 14.3 Å². The smallest absolute Gasteiger partial charge is 0.314 e. The first kappa shape index (κ1) is 14.3. The van der Waals surface area contributed by atoms with E-state index in [4.69, 9.17) is 9.47 Å². The summed E-state index contributed by atoms with van der Waals surface area (Å²) >= 11 is 0. The quantitative estimate of drug-likeness (QED) is 0.589. The fourth-order valence-corrected chi connectivity index (χ4v) is 1.43. The minimum Gasteiger partial charge on any atom is -0.497 e. The average molecular weight is 248 g/mol. The molecule has 0 N–H and O–H groups in total. The minimum absolute atomic E-state index is 0.0921. The molecule has 0 aliphatic heterocycles. The summed E-state index contributed by atoms with van der Waals surface area (Å²) in [5.74, 6) is 1.02. The molecule has 0 aliphatic rings. The first-order valence-electron chi connectivity index (χ1n) is 6.14. The zero-order chi connectivity index (χ0) is 13.5. The van der Waals surface area contributed by atoms with Crippen molar-refractivity contribution in [2.45, 2.75) is 27.2 Å². The lowest BCUT2D eigenvalue weighted by molar-refractivity contribution is -0.138. The van der Waals surface area contributed by atoms with Crippen LogP contribution in [-0.4, -0.2) is 13.1 Å². The molecule has 0 heterocycles. The Hall–Kier alpha value is -1.77. The summed E-state index contributed by atoms with van der Waals surface area (Å²) in [7, 11) is 1.61. The van der Waals surface area contributed by atoms with Gasteiger partial charge in [0.15, 0.2) is 0 Å². The van der Waals surface area contributed by atoms with Gasteiger partial charge in [0.05, 0.1) is 13.0 Å². The molecule has 0 saturated carbocycles. The SMILES string of the molecule is CC=Cc1cc(OC)ccc1OC(=O)C(C)CC. The lowest BCUT2D eigenvalue weighted by atomic mass is 10.1. The summed E-state index contributed by atoms with van der Waals surface area (Å²) in [6.45, 7) is 5.74. The van der Waals surface area contributed by atoms with E-state index in [2.05, 4.69) is 0 Å². The van der Waals surface area contributed by atoms with Gasteiger partial charge in [-0.2, -0.15) is 0 Å². The van der Waals surface area contributed by atoms with Crippen molar-refractivity contribution in [2.75, 3.05) is 7.11 Å². The Morgan fingerprint density at radius 3 is 2.72 bits per heavy atom. The molecular weight excluding hydrogens is 228 g/mol. The van der Waals surface area contributed by atoms with Gasteiger partial charge in [-0.1, -0.05) is 26.0 Å². The van der Waals surface area contributed by atoms with Gasteiger partial charge >= 0.3 is 5.97 Å². The third-order valence-electron chi connectivity index (χ3n) is 2.79. The van der Waals surface area contributed by atoms with Crippen molar-refractivity contribution >= 4 is 12.0 Å². The predicted octanol–water partition coefficient (Wildman–Crippen LogP) is 3.68. The molecular formula is C15H20O3. The van der Waals surface area contributed by atoms with E-state index in [1.54, 1.807) is 19.2 Å². The molecule has 1 atom stereocenters. The maximum atomic E-state index is 11.8. The zero-order valence-corrected chi connectivity index (χ0v) is 11.4. The second-order valence-corrected chi connectivity index (χ2v) is 4.13. The van der Waals surface area contributed by atoms with Crippen molar-refractivity contribution in [1.82, 2.24) is 0 Å². The standard InChI is InChI=1S/C15H20O3/c1-5-7-12-10-13(17-4)8-9-14(12)18-15(16)11(3)6-2/h5,7-11H,6H2,1-4H3. The maximum absolute atomic E-state index is 11.8. The third-order valence-corrected chi connectivity index (χ3v) is 2.79. The van der Waals surface area contributed by atoms with Gasteiger partial charge in [-0.3, -0.25) is 4.79 Å². The van der Waals surface area contributed by atoms with Crippen LogP contribution in [-0.2, 0) is 4.79 Å². The molecule has 0 saturated heterocycles. The van der Waals surface area contributed by atoms with Crippen LogP contribution in [0.3, 0.4) is 0 Å². The van der Waals surface area contributed by atoms with E-state index in [9.17, 15) is 4.79 Å². The second kappa shape index (κ2) is 6.84. The molecule has 3 heteroatoms. The van der Waals surface area contributed by atoms with Crippen molar-refractivity contribution in [1.29, 1.82) is 0 Å². The van der Waals surface area contributed by atoms with Crippen LogP contribution in [0.15, 0.2) is 24.3 Å². The Bertz CT molecular complexity index is 435. The van der Waals surface area contributed by atoms with E-state index in [0.717, 1.165) is 17.7 Å². The van der Waals surface area contributed by atoms with E-state index in [1.807, 2.05) is 39.0 Å². The van der Waals surface area contributed by atoms with Crippen LogP contribution in [0.4, 0.5) is 0 Å². The Morgan fingerprint density at radius 2 is 2.17 bits per heavy atom. The number of benzene rings is 1. The Morgan fingerprint density at radius 1 is 1.44 bits per heavy atom. The highest BCUT2D eigenvalue weighted by molar-refractivity contribution is 5.76. The molecule has 0 amide bonds. The van der Waals surface area contributed by atoms with Crippen LogP contribution in [0.1, 0.15) is 32.8 Å². The fourth-order valence-electron chi connectivity index (χ4n) is 1.43. The van der Waals surface area contributed by atoms with E-state index < -0.39 is 0 Å². The molecule has 0 aromatic heterocycles. The number of carbonyl (C=O) groups is 1. The van der Waals surface area contributed by atoms with Crippen LogP contribution in [0.2, 0.25) is 0 Å². The van der Waals surface area contributed by atoms with Gasteiger partial charge in [0.25, 0.3) is 0 Å². The molecule has 1 unspecified atom stereocenters. The Kier molecular flexibility index (Phi) is 5.43. The van der Waals surface area contributed by atoms with E-state index >= 15 is 0 Å². The number of allylic oxidation sites excluding steroid dienone is 1. The van der Waals surface area contributed by atoms with Gasteiger partial charge in [0.1, 0.15) is 11.5 Å². The average Bonchev–Trinajstić information content (AvgIpc) is 2.39. The normalized spacial score (nSPS) is 12.4. The van der Waals surface area contributed by atoms with E-state index in [0.29, 0.717) is 5.75 Å².